The van der Waals surface area contributed by atoms with Gasteiger partial charge in [-0.15, -0.1) is 0 Å². The third kappa shape index (κ3) is 6.10. The number of piperidine rings is 2. The molecule has 0 spiro atoms. The summed E-state index contributed by atoms with van der Waals surface area (Å²) in [4.78, 5) is 64.1. The van der Waals surface area contributed by atoms with Gasteiger partial charge < -0.3 is 30.7 Å². The molecule has 14 heteroatoms. The zero-order valence-electron chi connectivity index (χ0n) is 26.6. The van der Waals surface area contributed by atoms with Gasteiger partial charge in [0.2, 0.25) is 29.6 Å². The number of amides is 4. The number of fused-ring (bicyclic) bond motifs is 1. The molecule has 3 aromatic rings. The van der Waals surface area contributed by atoms with Crippen molar-refractivity contribution in [3.63, 3.8) is 0 Å². The lowest BCUT2D eigenvalue weighted by Crippen LogP contribution is -2.52. The van der Waals surface area contributed by atoms with Gasteiger partial charge in [0.1, 0.15) is 5.02 Å². The largest absolute Gasteiger partial charge is 0.388 e. The fraction of sp³-hybridized carbons (Fsp3) is 0.364. The minimum atomic E-state index is -0.717. The highest BCUT2D eigenvalue weighted by molar-refractivity contribution is 6.33. The van der Waals surface area contributed by atoms with Crippen LogP contribution in [0.1, 0.15) is 37.3 Å². The van der Waals surface area contributed by atoms with Gasteiger partial charge in [0.15, 0.2) is 5.82 Å². The van der Waals surface area contributed by atoms with Gasteiger partial charge in [-0.05, 0) is 54.3 Å². The van der Waals surface area contributed by atoms with E-state index in [0.717, 1.165) is 16.9 Å². The Morgan fingerprint density at radius 1 is 1.13 bits per heavy atom. The lowest BCUT2D eigenvalue weighted by atomic mass is 9.88. The number of carbonyl (C=O) groups is 4. The minimum absolute atomic E-state index is 0.0408. The van der Waals surface area contributed by atoms with Crippen molar-refractivity contribution in [1.29, 1.82) is 5.41 Å². The van der Waals surface area contributed by atoms with Gasteiger partial charge in [0.25, 0.3) is 0 Å². The number of hydrogen-bond acceptors (Lipinski definition) is 10. The zero-order chi connectivity index (χ0) is 33.6. The van der Waals surface area contributed by atoms with Crippen molar-refractivity contribution in [1.82, 2.24) is 15.3 Å². The molecular weight excluding hydrogens is 622 g/mol. The normalized spacial score (nSPS) is 21.0. The Morgan fingerprint density at radius 3 is 2.66 bits per heavy atom. The predicted octanol–water partition coefficient (Wildman–Crippen LogP) is 3.73. The minimum Gasteiger partial charge on any atom is -0.388 e. The van der Waals surface area contributed by atoms with Gasteiger partial charge in [-0.25, -0.2) is 4.98 Å². The second-order valence-electron chi connectivity index (χ2n) is 12.2. The zero-order valence-corrected chi connectivity index (χ0v) is 27.3. The molecule has 0 aliphatic carbocycles. The number of anilines is 6. The van der Waals surface area contributed by atoms with Crippen LogP contribution < -0.4 is 30.7 Å². The maximum Gasteiger partial charge on any atom is 0.235 e. The smallest absolute Gasteiger partial charge is 0.235 e. The van der Waals surface area contributed by atoms with E-state index in [0.29, 0.717) is 46.7 Å². The molecule has 2 saturated heterocycles. The van der Waals surface area contributed by atoms with E-state index in [9.17, 15) is 19.2 Å². The number of imide groups is 1. The highest BCUT2D eigenvalue weighted by atomic mass is 35.5. The molecule has 0 bridgehead atoms. The summed E-state index contributed by atoms with van der Waals surface area (Å²) in [5.74, 6) is -0.660. The van der Waals surface area contributed by atoms with Crippen LogP contribution in [0, 0.1) is 17.2 Å². The number of carbonyl (C=O) groups excluding carboxylic acids is 4. The van der Waals surface area contributed by atoms with Crippen LogP contribution in [0.25, 0.3) is 0 Å². The monoisotopic (exact) mass is 657 g/mol. The van der Waals surface area contributed by atoms with E-state index in [1.807, 2.05) is 36.2 Å². The Labute approximate surface area is 277 Å². The number of halogens is 1. The van der Waals surface area contributed by atoms with E-state index in [1.165, 1.54) is 6.20 Å². The number of likely N-dealkylation sites (N-methyl/N-ethyl adjacent to an activating group) is 1. The first-order valence-electron chi connectivity index (χ1n) is 15.4. The topological polar surface area (TPSA) is 164 Å². The molecule has 47 heavy (non-hydrogen) atoms. The maximum atomic E-state index is 13.6. The Morgan fingerprint density at radius 2 is 1.91 bits per heavy atom. The summed E-state index contributed by atoms with van der Waals surface area (Å²) in [7, 11) is 5.35. The van der Waals surface area contributed by atoms with Crippen LogP contribution in [0.15, 0.2) is 42.6 Å². The van der Waals surface area contributed by atoms with Crippen LogP contribution in [0.4, 0.5) is 34.5 Å². The number of nitrogens with one attached hydrogen (secondary N) is 4. The predicted molar refractivity (Wildman–Crippen MR) is 181 cm³/mol. The van der Waals surface area contributed by atoms with Crippen molar-refractivity contribution in [2.45, 2.75) is 38.6 Å². The molecule has 3 aliphatic rings. The van der Waals surface area contributed by atoms with Crippen molar-refractivity contribution in [2.75, 3.05) is 53.0 Å². The van der Waals surface area contributed by atoms with E-state index in [-0.39, 0.29) is 54.7 Å². The van der Waals surface area contributed by atoms with E-state index >= 15 is 0 Å². The van der Waals surface area contributed by atoms with Crippen LogP contribution in [-0.2, 0) is 25.6 Å². The van der Waals surface area contributed by atoms with E-state index < -0.39 is 11.8 Å². The van der Waals surface area contributed by atoms with Crippen LogP contribution in [0.2, 0.25) is 5.02 Å². The van der Waals surface area contributed by atoms with E-state index in [4.69, 9.17) is 22.0 Å². The third-order valence-corrected chi connectivity index (χ3v) is 9.51. The molecule has 3 atom stereocenters. The number of hydrogen-bond donors (Lipinski definition) is 4. The first-order valence-corrected chi connectivity index (χ1v) is 15.8. The number of nitrogens with zero attached hydrogens (tertiary/aromatic N) is 5. The second kappa shape index (κ2) is 12.6. The summed E-state index contributed by atoms with van der Waals surface area (Å²) in [6.07, 6.45) is 2.57. The van der Waals surface area contributed by atoms with Crippen molar-refractivity contribution in [2.24, 2.45) is 11.8 Å². The van der Waals surface area contributed by atoms with Gasteiger partial charge in [-0.3, -0.25) is 24.5 Å². The first kappa shape index (κ1) is 31.9. The van der Waals surface area contributed by atoms with Gasteiger partial charge in [-0.2, -0.15) is 4.98 Å². The molecule has 3 aliphatic heterocycles. The standard InChI is InChI=1S/C33H36ClN9O4/c1-17-16-43(20-6-7-21(24(13-20)36-2)30(35)22-8-10-27(44)39-32(22)47)29(46)14-26(17)42(4)33-37-15-23(34)31(40-33)38-19-5-9-25-18(11-19)12-28(45)41(25)3/h5-7,9,11,13,15,17,22,26,35-36H,8,10,12,14,16H2,1-4H3,(H,37,38,40)(H,39,44,47)/t17-,22?,26+/m0/s1. The highest BCUT2D eigenvalue weighted by Gasteiger charge is 2.37. The lowest BCUT2D eigenvalue weighted by Gasteiger charge is -2.41. The summed E-state index contributed by atoms with van der Waals surface area (Å²) in [6.45, 7) is 2.52. The molecule has 0 radical (unpaired) electrons. The first-order chi connectivity index (χ1) is 22.4. The summed E-state index contributed by atoms with van der Waals surface area (Å²) in [5, 5.41) is 17.7. The summed E-state index contributed by atoms with van der Waals surface area (Å²) >= 11 is 6.47. The van der Waals surface area contributed by atoms with Crippen molar-refractivity contribution >= 4 is 75.5 Å². The molecule has 6 rings (SSSR count). The lowest BCUT2D eigenvalue weighted by molar-refractivity contribution is -0.134. The van der Waals surface area contributed by atoms with E-state index in [2.05, 4.69) is 27.9 Å². The SMILES string of the molecule is CNc1cc(N2C[C@H](C)[C@H](N(C)c3ncc(Cl)c(Nc4ccc5c(c4)CC(=O)N5C)n3)CC2=O)ccc1C(=N)C1CCC(=O)NC1=O. The Hall–Kier alpha value is -5.04. The molecule has 0 saturated carbocycles. The van der Waals surface area contributed by atoms with Gasteiger partial charge in [0.05, 0.1) is 24.2 Å². The Balaban J connectivity index is 1.16. The van der Waals surface area contributed by atoms with Crippen molar-refractivity contribution in [3.8, 4) is 0 Å². The number of benzene rings is 2. The molecule has 1 aromatic heterocycles. The average molecular weight is 658 g/mol. The fourth-order valence-corrected chi connectivity index (χ4v) is 6.66. The molecule has 244 valence electrons. The van der Waals surface area contributed by atoms with Crippen molar-refractivity contribution in [3.05, 3.63) is 58.7 Å². The quantitative estimate of drug-likeness (QED) is 0.209. The highest BCUT2D eigenvalue weighted by Crippen LogP contribution is 2.35. The molecule has 2 aromatic carbocycles. The van der Waals surface area contributed by atoms with Crippen LogP contribution in [0.5, 0.6) is 0 Å². The van der Waals surface area contributed by atoms with Crippen molar-refractivity contribution < 1.29 is 19.2 Å². The molecule has 2 fully saturated rings. The second-order valence-corrected chi connectivity index (χ2v) is 12.6. The number of rotatable bonds is 8. The van der Waals surface area contributed by atoms with Gasteiger partial charge in [0, 0.05) is 74.9 Å². The Kier molecular flexibility index (Phi) is 8.58. The maximum absolute atomic E-state index is 13.6. The number of aromatic nitrogens is 2. The summed E-state index contributed by atoms with van der Waals surface area (Å²) in [6, 6.07) is 10.8. The summed E-state index contributed by atoms with van der Waals surface area (Å²) < 4.78 is 0. The molecular formula is C33H36ClN9O4. The van der Waals surface area contributed by atoms with Crippen LogP contribution in [0.3, 0.4) is 0 Å². The average Bonchev–Trinajstić information content (AvgIpc) is 3.33. The van der Waals surface area contributed by atoms with Crippen LogP contribution >= 0.6 is 11.6 Å². The molecule has 13 nitrogen and oxygen atoms in total. The molecule has 4 amide bonds. The molecule has 4 heterocycles. The van der Waals surface area contributed by atoms with Gasteiger partial charge in [-0.1, -0.05) is 18.5 Å². The summed E-state index contributed by atoms with van der Waals surface area (Å²) in [5.41, 5.74) is 4.53. The van der Waals surface area contributed by atoms with E-state index in [1.54, 1.807) is 36.0 Å². The third-order valence-electron chi connectivity index (χ3n) is 9.24. The Bertz CT molecular complexity index is 1810. The molecule has 1 unspecified atom stereocenters. The fourth-order valence-electron chi connectivity index (χ4n) is 6.52. The van der Waals surface area contributed by atoms with Gasteiger partial charge >= 0.3 is 0 Å². The van der Waals surface area contributed by atoms with Crippen LogP contribution in [-0.4, -0.2) is 73.0 Å². The molecule has 4 N–H and O–H groups in total.